The van der Waals surface area contributed by atoms with Gasteiger partial charge in [-0.2, -0.15) is 0 Å². The topological polar surface area (TPSA) is 133 Å². The average molecular weight is 331 g/mol. The van der Waals surface area contributed by atoms with E-state index in [1.54, 1.807) is 12.1 Å². The molecule has 0 amide bonds. The number of thioether (sulfide) groups is 1. The van der Waals surface area contributed by atoms with Crippen molar-refractivity contribution in [3.63, 3.8) is 0 Å². The number of hydrogen-bond acceptors (Lipinski definition) is 8. The first-order chi connectivity index (χ1) is 10.4. The monoisotopic (exact) mass is 331 g/mol. The van der Waals surface area contributed by atoms with Crippen LogP contribution in [0.2, 0.25) is 0 Å². The molecular formula is C13H17NO7S. The minimum absolute atomic E-state index is 0.0124. The molecule has 0 aromatic heterocycles. The number of aliphatic hydroxyl groups excluding tert-OH is 4. The van der Waals surface area contributed by atoms with Gasteiger partial charge in [-0.05, 0) is 5.56 Å². The van der Waals surface area contributed by atoms with Crippen molar-refractivity contribution in [2.75, 3.05) is 6.61 Å². The third-order valence-electron chi connectivity index (χ3n) is 3.41. The summed E-state index contributed by atoms with van der Waals surface area (Å²) in [6.45, 7) is -0.473. The van der Waals surface area contributed by atoms with E-state index in [2.05, 4.69) is 0 Å². The molecular weight excluding hydrogens is 314 g/mol. The van der Waals surface area contributed by atoms with Crippen LogP contribution in [-0.2, 0) is 10.5 Å². The van der Waals surface area contributed by atoms with Gasteiger partial charge in [0.25, 0.3) is 5.69 Å². The Morgan fingerprint density at radius 2 is 1.77 bits per heavy atom. The predicted octanol–water partition coefficient (Wildman–Crippen LogP) is -0.372. The van der Waals surface area contributed by atoms with Gasteiger partial charge in [0.15, 0.2) is 0 Å². The molecule has 0 saturated carbocycles. The van der Waals surface area contributed by atoms with Crippen molar-refractivity contribution in [1.29, 1.82) is 0 Å². The summed E-state index contributed by atoms with van der Waals surface area (Å²) >= 11 is 1.17. The third kappa shape index (κ3) is 3.75. The maximum atomic E-state index is 10.6. The van der Waals surface area contributed by atoms with E-state index in [1.165, 1.54) is 23.9 Å². The molecule has 0 radical (unpaired) electrons. The predicted molar refractivity (Wildman–Crippen MR) is 78.2 cm³/mol. The molecule has 0 aliphatic carbocycles. The Hall–Kier alpha value is -1.23. The van der Waals surface area contributed by atoms with Crippen LogP contribution in [0.3, 0.4) is 0 Å². The highest BCUT2D eigenvalue weighted by molar-refractivity contribution is 7.99. The van der Waals surface area contributed by atoms with Gasteiger partial charge in [-0.3, -0.25) is 10.1 Å². The lowest BCUT2D eigenvalue weighted by atomic mass is 10.0. The molecule has 2 rings (SSSR count). The van der Waals surface area contributed by atoms with Crippen LogP contribution in [-0.4, -0.2) is 61.8 Å². The van der Waals surface area contributed by atoms with Crippen molar-refractivity contribution in [3.05, 3.63) is 39.9 Å². The summed E-state index contributed by atoms with van der Waals surface area (Å²) in [7, 11) is 0. The Morgan fingerprint density at radius 1 is 1.14 bits per heavy atom. The second kappa shape index (κ2) is 7.36. The van der Waals surface area contributed by atoms with Crippen molar-refractivity contribution in [1.82, 2.24) is 0 Å². The molecule has 22 heavy (non-hydrogen) atoms. The summed E-state index contributed by atoms with van der Waals surface area (Å²) in [6.07, 6.45) is -5.01. The largest absolute Gasteiger partial charge is 0.394 e. The smallest absolute Gasteiger partial charge is 0.269 e. The number of non-ortho nitro benzene ring substituents is 1. The van der Waals surface area contributed by atoms with Crippen molar-refractivity contribution in [2.45, 2.75) is 35.6 Å². The molecule has 0 spiro atoms. The molecule has 1 saturated heterocycles. The Kier molecular flexibility index (Phi) is 5.73. The highest BCUT2D eigenvalue weighted by atomic mass is 32.2. The van der Waals surface area contributed by atoms with E-state index in [0.717, 1.165) is 5.56 Å². The van der Waals surface area contributed by atoms with E-state index in [0.29, 0.717) is 5.75 Å². The van der Waals surface area contributed by atoms with E-state index in [9.17, 15) is 25.4 Å². The molecule has 1 aliphatic rings. The van der Waals surface area contributed by atoms with E-state index >= 15 is 0 Å². The first-order valence-corrected chi connectivity index (χ1v) is 7.64. The van der Waals surface area contributed by atoms with Crippen molar-refractivity contribution in [2.24, 2.45) is 0 Å². The van der Waals surface area contributed by atoms with Crippen molar-refractivity contribution < 1.29 is 30.1 Å². The molecule has 122 valence electrons. The minimum atomic E-state index is -1.40. The fourth-order valence-corrected chi connectivity index (χ4v) is 3.23. The number of ether oxygens (including phenoxy) is 1. The Morgan fingerprint density at radius 3 is 2.32 bits per heavy atom. The zero-order chi connectivity index (χ0) is 16.3. The second-order valence-electron chi connectivity index (χ2n) is 4.93. The standard InChI is InChI=1S/C13H17NO7S/c15-5-9-10(16)11(17)12(18)13(21-9)22-6-7-1-3-8(4-2-7)14(19)20/h1-4,9-13,15-18H,5-6H2/t9-,10+,11-,12-,13+/m1/s1. The Balaban J connectivity index is 1.96. The number of aliphatic hydroxyl groups is 4. The summed E-state index contributed by atoms with van der Waals surface area (Å²) < 4.78 is 5.36. The number of hydrogen-bond donors (Lipinski definition) is 4. The van der Waals surface area contributed by atoms with Gasteiger partial charge in [0.05, 0.1) is 11.5 Å². The maximum Gasteiger partial charge on any atom is 0.269 e. The van der Waals surface area contributed by atoms with Crippen LogP contribution >= 0.6 is 11.8 Å². The van der Waals surface area contributed by atoms with E-state index in [1.807, 2.05) is 0 Å². The summed E-state index contributed by atoms with van der Waals surface area (Å²) in [5.41, 5.74) is -0.0418. The fourth-order valence-electron chi connectivity index (χ4n) is 2.10. The molecule has 1 aromatic carbocycles. The highest BCUT2D eigenvalue weighted by Gasteiger charge is 2.43. The van der Waals surface area contributed by atoms with Gasteiger partial charge in [0.1, 0.15) is 29.9 Å². The first-order valence-electron chi connectivity index (χ1n) is 6.59. The van der Waals surface area contributed by atoms with Crippen LogP contribution in [0, 0.1) is 10.1 Å². The quantitative estimate of drug-likeness (QED) is 0.424. The lowest BCUT2D eigenvalue weighted by molar-refractivity contribution is -0.384. The summed E-state index contributed by atoms with van der Waals surface area (Å²) in [4.78, 5) is 10.1. The number of nitro groups is 1. The third-order valence-corrected chi connectivity index (χ3v) is 4.63. The molecule has 5 atom stereocenters. The first kappa shape index (κ1) is 17.1. The van der Waals surface area contributed by atoms with Crippen LogP contribution in [0.15, 0.2) is 24.3 Å². The van der Waals surface area contributed by atoms with Crippen LogP contribution in [0.5, 0.6) is 0 Å². The maximum absolute atomic E-state index is 10.6. The van der Waals surface area contributed by atoms with E-state index in [4.69, 9.17) is 9.84 Å². The number of nitro benzene ring substituents is 1. The number of nitrogens with zero attached hydrogens (tertiary/aromatic N) is 1. The van der Waals surface area contributed by atoms with Crippen LogP contribution in [0.25, 0.3) is 0 Å². The highest BCUT2D eigenvalue weighted by Crippen LogP contribution is 2.30. The number of rotatable bonds is 5. The lowest BCUT2D eigenvalue weighted by Crippen LogP contribution is -2.57. The van der Waals surface area contributed by atoms with Gasteiger partial charge in [-0.15, -0.1) is 11.8 Å². The summed E-state index contributed by atoms with van der Waals surface area (Å²) in [5.74, 6) is 0.390. The van der Waals surface area contributed by atoms with Gasteiger partial charge in [0, 0.05) is 17.9 Å². The van der Waals surface area contributed by atoms with E-state index in [-0.39, 0.29) is 5.69 Å². The van der Waals surface area contributed by atoms with Crippen molar-refractivity contribution >= 4 is 17.4 Å². The molecule has 1 aromatic rings. The van der Waals surface area contributed by atoms with Gasteiger partial charge < -0.3 is 25.2 Å². The normalized spacial score (nSPS) is 31.9. The van der Waals surface area contributed by atoms with Crippen LogP contribution < -0.4 is 0 Å². The molecule has 1 heterocycles. The molecule has 0 bridgehead atoms. The Bertz CT molecular complexity index is 510. The molecule has 8 nitrogen and oxygen atoms in total. The summed E-state index contributed by atoms with van der Waals surface area (Å²) in [5, 5.41) is 48.9. The molecule has 4 N–H and O–H groups in total. The second-order valence-corrected chi connectivity index (χ2v) is 6.02. The summed E-state index contributed by atoms with van der Waals surface area (Å²) in [6, 6.07) is 5.94. The van der Waals surface area contributed by atoms with Gasteiger partial charge in [-0.25, -0.2) is 0 Å². The lowest BCUT2D eigenvalue weighted by Gasteiger charge is -2.39. The van der Waals surface area contributed by atoms with Crippen LogP contribution in [0.4, 0.5) is 5.69 Å². The van der Waals surface area contributed by atoms with Gasteiger partial charge in [0.2, 0.25) is 0 Å². The van der Waals surface area contributed by atoms with Gasteiger partial charge in [-0.1, -0.05) is 12.1 Å². The molecule has 1 aliphatic heterocycles. The molecule has 9 heteroatoms. The fraction of sp³-hybridized carbons (Fsp3) is 0.538. The SMILES string of the molecule is O=[N+]([O-])c1ccc(CS[C@@H]2O[C@H](CO)[C@H](O)[C@@H](O)[C@H]2O)cc1. The average Bonchev–Trinajstić information content (AvgIpc) is 2.52. The van der Waals surface area contributed by atoms with Gasteiger partial charge >= 0.3 is 0 Å². The molecule has 1 fully saturated rings. The van der Waals surface area contributed by atoms with Crippen LogP contribution in [0.1, 0.15) is 5.56 Å². The van der Waals surface area contributed by atoms with E-state index < -0.39 is 41.4 Å². The number of benzene rings is 1. The zero-order valence-corrected chi connectivity index (χ0v) is 12.3. The van der Waals surface area contributed by atoms with Crippen molar-refractivity contribution in [3.8, 4) is 0 Å². The minimum Gasteiger partial charge on any atom is -0.394 e. The Labute approximate surface area is 130 Å². The zero-order valence-electron chi connectivity index (χ0n) is 11.5. The molecule has 0 unspecified atom stereocenters.